The maximum atomic E-state index is 2.33. The summed E-state index contributed by atoms with van der Waals surface area (Å²) >= 11 is 0. The third-order valence-electron chi connectivity index (χ3n) is 3.55. The fourth-order valence-corrected chi connectivity index (χ4v) is 2.33. The van der Waals surface area contributed by atoms with Gasteiger partial charge in [0, 0.05) is 26.2 Å². The van der Waals surface area contributed by atoms with Crippen molar-refractivity contribution in [3.63, 3.8) is 0 Å². The van der Waals surface area contributed by atoms with Gasteiger partial charge in [0.1, 0.15) is 0 Å². The van der Waals surface area contributed by atoms with Gasteiger partial charge in [-0.15, -0.1) is 0 Å². The van der Waals surface area contributed by atoms with Gasteiger partial charge in [-0.2, -0.15) is 24.3 Å². The van der Waals surface area contributed by atoms with Crippen molar-refractivity contribution in [2.45, 2.75) is 27.7 Å². The van der Waals surface area contributed by atoms with Crippen LogP contribution in [0.2, 0.25) is 0 Å². The van der Waals surface area contributed by atoms with E-state index < -0.39 is 0 Å². The Bertz CT molecular complexity index is 380. The van der Waals surface area contributed by atoms with Crippen molar-refractivity contribution in [2.24, 2.45) is 0 Å². The molecule has 0 aliphatic rings. The van der Waals surface area contributed by atoms with Gasteiger partial charge in [-0.05, 0) is 27.7 Å². The SMILES string of the molecule is CCN(CC)[c-]1cccc1.CCN(CC)[c-]1cccc1.[Cl-].[Cl-].[Ti+4]. The van der Waals surface area contributed by atoms with Crippen LogP contribution in [-0.4, -0.2) is 26.2 Å². The fourth-order valence-electron chi connectivity index (χ4n) is 2.33. The minimum atomic E-state index is 0. The molecule has 23 heavy (non-hydrogen) atoms. The third-order valence-corrected chi connectivity index (χ3v) is 3.55. The normalized spacial score (nSPS) is 8.52. The van der Waals surface area contributed by atoms with E-state index in [9.17, 15) is 0 Å². The van der Waals surface area contributed by atoms with Crippen molar-refractivity contribution >= 4 is 11.4 Å². The van der Waals surface area contributed by atoms with Gasteiger partial charge in [0.25, 0.3) is 0 Å². The van der Waals surface area contributed by atoms with E-state index in [4.69, 9.17) is 0 Å². The number of hydrogen-bond acceptors (Lipinski definition) is 2. The van der Waals surface area contributed by atoms with Crippen LogP contribution in [0.3, 0.4) is 0 Å². The summed E-state index contributed by atoms with van der Waals surface area (Å²) in [5, 5.41) is 0. The molecule has 0 bridgehead atoms. The van der Waals surface area contributed by atoms with Crippen LogP contribution < -0.4 is 34.6 Å². The molecule has 2 aromatic carbocycles. The molecule has 0 N–H and O–H groups in total. The molecule has 0 aromatic heterocycles. The van der Waals surface area contributed by atoms with E-state index in [1.165, 1.54) is 11.4 Å². The Morgan fingerprint density at radius 3 is 0.957 bits per heavy atom. The van der Waals surface area contributed by atoms with Crippen LogP contribution >= 0.6 is 0 Å². The summed E-state index contributed by atoms with van der Waals surface area (Å²) in [5.74, 6) is 0. The van der Waals surface area contributed by atoms with Crippen molar-refractivity contribution in [3.8, 4) is 0 Å². The largest absolute Gasteiger partial charge is 4.00 e. The first-order chi connectivity index (χ1) is 9.76. The summed E-state index contributed by atoms with van der Waals surface area (Å²) in [6, 6.07) is 16.9. The van der Waals surface area contributed by atoms with Crippen LogP contribution in [0.5, 0.6) is 0 Å². The molecule has 0 aliphatic carbocycles. The van der Waals surface area contributed by atoms with Gasteiger partial charge in [-0.1, -0.05) is 11.4 Å². The third kappa shape index (κ3) is 9.47. The number of rotatable bonds is 6. The molecule has 2 nitrogen and oxygen atoms in total. The van der Waals surface area contributed by atoms with E-state index >= 15 is 0 Å². The first-order valence-corrected chi connectivity index (χ1v) is 7.70. The smallest absolute Gasteiger partial charge is 1.00 e. The zero-order chi connectivity index (χ0) is 14.8. The summed E-state index contributed by atoms with van der Waals surface area (Å²) in [6.07, 6.45) is 0. The fraction of sp³-hybridized carbons (Fsp3) is 0.444. The van der Waals surface area contributed by atoms with Crippen molar-refractivity contribution in [1.29, 1.82) is 0 Å². The van der Waals surface area contributed by atoms with E-state index in [2.05, 4.69) is 86.0 Å². The molecular formula is C18H28Cl2N2Ti. The molecule has 0 aliphatic heterocycles. The topological polar surface area (TPSA) is 6.48 Å². The zero-order valence-corrected chi connectivity index (χ0v) is 17.7. The second-order valence-electron chi connectivity index (χ2n) is 4.63. The number of anilines is 2. The molecule has 0 amide bonds. The molecule has 2 aromatic rings. The summed E-state index contributed by atoms with van der Waals surface area (Å²) < 4.78 is 0. The Labute approximate surface area is 169 Å². The Morgan fingerprint density at radius 2 is 0.783 bits per heavy atom. The van der Waals surface area contributed by atoms with Crippen LogP contribution in [0.25, 0.3) is 0 Å². The molecule has 0 spiro atoms. The quantitative estimate of drug-likeness (QED) is 0.438. The first kappa shape index (κ1) is 27.4. The van der Waals surface area contributed by atoms with Crippen LogP contribution in [0, 0.1) is 0 Å². The maximum Gasteiger partial charge on any atom is 4.00 e. The summed E-state index contributed by atoms with van der Waals surface area (Å²) in [7, 11) is 0. The van der Waals surface area contributed by atoms with Gasteiger partial charge >= 0.3 is 21.7 Å². The van der Waals surface area contributed by atoms with Gasteiger partial charge in [0.2, 0.25) is 0 Å². The molecular weight excluding hydrogens is 363 g/mol. The molecule has 0 atom stereocenters. The number of nitrogens with zero attached hydrogens (tertiary/aromatic N) is 2. The van der Waals surface area contributed by atoms with Crippen LogP contribution in [0.1, 0.15) is 27.7 Å². The minimum absolute atomic E-state index is 0. The summed E-state index contributed by atoms with van der Waals surface area (Å²) in [4.78, 5) is 4.67. The minimum Gasteiger partial charge on any atom is -1.00 e. The van der Waals surface area contributed by atoms with Crippen LogP contribution in [-0.2, 0) is 21.7 Å². The Balaban J connectivity index is -0.000000308. The predicted molar refractivity (Wildman–Crippen MR) is 91.2 cm³/mol. The molecule has 0 unspecified atom stereocenters. The van der Waals surface area contributed by atoms with E-state index in [1.807, 2.05) is 0 Å². The Morgan fingerprint density at radius 1 is 0.565 bits per heavy atom. The molecule has 128 valence electrons. The Hall–Kier alpha value is -0.406. The van der Waals surface area contributed by atoms with E-state index in [-0.39, 0.29) is 46.5 Å². The average molecular weight is 391 g/mol. The van der Waals surface area contributed by atoms with E-state index in [1.54, 1.807) is 0 Å². The molecule has 0 saturated heterocycles. The van der Waals surface area contributed by atoms with Crippen molar-refractivity contribution in [2.75, 3.05) is 36.0 Å². The molecule has 2 rings (SSSR count). The maximum absolute atomic E-state index is 2.33. The van der Waals surface area contributed by atoms with Crippen molar-refractivity contribution in [3.05, 3.63) is 48.5 Å². The summed E-state index contributed by atoms with van der Waals surface area (Å²) in [5.41, 5.74) is 2.68. The summed E-state index contributed by atoms with van der Waals surface area (Å²) in [6.45, 7) is 13.1. The van der Waals surface area contributed by atoms with Gasteiger partial charge in [-0.3, -0.25) is 0 Å². The standard InChI is InChI=1S/2C9H14N.2ClH.Ti/c2*1-3-10(4-2)9-7-5-6-8-9;;;/h2*5-8H,3-4H2,1-2H3;2*1H;/q2*-1;;;+4/p-2. The van der Waals surface area contributed by atoms with Crippen molar-refractivity contribution in [1.82, 2.24) is 0 Å². The van der Waals surface area contributed by atoms with Gasteiger partial charge < -0.3 is 34.6 Å². The predicted octanol–water partition coefficient (Wildman–Crippen LogP) is -1.49. The van der Waals surface area contributed by atoms with Crippen LogP contribution in [0.4, 0.5) is 11.4 Å². The second-order valence-corrected chi connectivity index (χ2v) is 4.63. The second kappa shape index (κ2) is 16.5. The monoisotopic (exact) mass is 390 g/mol. The zero-order valence-electron chi connectivity index (χ0n) is 14.6. The Kier molecular flexibility index (Phi) is 19.6. The molecule has 0 saturated carbocycles. The van der Waals surface area contributed by atoms with Crippen LogP contribution in [0.15, 0.2) is 48.5 Å². The molecule has 5 heteroatoms. The van der Waals surface area contributed by atoms with Gasteiger partial charge in [0.05, 0.1) is 0 Å². The van der Waals surface area contributed by atoms with E-state index in [0.717, 1.165) is 26.2 Å². The van der Waals surface area contributed by atoms with E-state index in [0.29, 0.717) is 0 Å². The number of hydrogen-bond donors (Lipinski definition) is 0. The molecule has 0 radical (unpaired) electrons. The first-order valence-electron chi connectivity index (χ1n) is 7.70. The number of halogens is 2. The molecule has 0 fully saturated rings. The average Bonchev–Trinajstić information content (AvgIpc) is 3.15. The van der Waals surface area contributed by atoms with Crippen molar-refractivity contribution < 1.29 is 46.5 Å². The molecule has 0 heterocycles. The van der Waals surface area contributed by atoms with Gasteiger partial charge in [-0.25, -0.2) is 24.3 Å². The van der Waals surface area contributed by atoms with Gasteiger partial charge in [0.15, 0.2) is 0 Å².